The van der Waals surface area contributed by atoms with E-state index in [0.29, 0.717) is 0 Å². The molecule has 0 aliphatic carbocycles. The van der Waals surface area contributed by atoms with Crippen molar-refractivity contribution < 1.29 is 0 Å². The average molecular weight is 183 g/mol. The molecule has 0 aromatic heterocycles. The first-order valence-electron chi connectivity index (χ1n) is 3.65. The summed E-state index contributed by atoms with van der Waals surface area (Å²) in [5, 5.41) is 0. The van der Waals surface area contributed by atoms with Crippen molar-refractivity contribution in [2.24, 2.45) is 5.73 Å². The Morgan fingerprint density at radius 3 is 3.00 bits per heavy atom. The molecule has 0 bridgehead atoms. The van der Waals surface area contributed by atoms with E-state index in [2.05, 4.69) is 17.2 Å². The third-order valence-electron chi connectivity index (χ3n) is 1.81. The molecule has 3 heteroatoms. The molecule has 0 amide bonds. The zero-order chi connectivity index (χ0) is 7.68. The molecule has 0 saturated carbocycles. The minimum atomic E-state index is 0. The Kier molecular flexibility index (Phi) is 2.61. The Morgan fingerprint density at radius 2 is 2.17 bits per heavy atom. The highest BCUT2D eigenvalue weighted by atomic mass is 35.5. The molecule has 2 heterocycles. The van der Waals surface area contributed by atoms with Gasteiger partial charge < -0.3 is 10.6 Å². The minimum Gasteiger partial charge on any atom is -0.399 e. The Balaban J connectivity index is 0.000000720. The predicted octanol–water partition coefficient (Wildman–Crippen LogP) is 1.53. The van der Waals surface area contributed by atoms with Crippen LogP contribution in [0.15, 0.2) is 48.0 Å². The van der Waals surface area contributed by atoms with Gasteiger partial charge in [-0.3, -0.25) is 0 Å². The van der Waals surface area contributed by atoms with Gasteiger partial charge in [0.1, 0.15) is 0 Å². The van der Waals surface area contributed by atoms with E-state index in [9.17, 15) is 0 Å². The van der Waals surface area contributed by atoms with Gasteiger partial charge in [-0.1, -0.05) is 6.08 Å². The van der Waals surface area contributed by atoms with Gasteiger partial charge in [-0.25, -0.2) is 0 Å². The molecule has 0 fully saturated rings. The summed E-state index contributed by atoms with van der Waals surface area (Å²) in [5.41, 5.74) is 7.67. The van der Waals surface area contributed by atoms with Crippen molar-refractivity contribution >= 4 is 12.4 Å². The molecule has 2 N–H and O–H groups in total. The number of fused-ring (bicyclic) bond motifs is 1. The molecular weight excluding hydrogens is 172 g/mol. The highest BCUT2D eigenvalue weighted by molar-refractivity contribution is 5.85. The number of allylic oxidation sites excluding steroid dienone is 4. The van der Waals surface area contributed by atoms with Crippen LogP contribution in [0.2, 0.25) is 0 Å². The van der Waals surface area contributed by atoms with Crippen LogP contribution in [0, 0.1) is 0 Å². The molecule has 64 valence electrons. The van der Waals surface area contributed by atoms with Gasteiger partial charge in [-0.05, 0) is 24.3 Å². The molecule has 2 aliphatic rings. The Hall–Kier alpha value is -1.15. The maximum Gasteiger partial charge on any atom is 0.0429 e. The summed E-state index contributed by atoms with van der Waals surface area (Å²) in [7, 11) is 0. The number of hydrogen-bond acceptors (Lipinski definition) is 2. The molecule has 0 radical (unpaired) electrons. The maximum atomic E-state index is 5.64. The van der Waals surface area contributed by atoms with Crippen LogP contribution in [0.25, 0.3) is 0 Å². The van der Waals surface area contributed by atoms with Crippen molar-refractivity contribution in [2.45, 2.75) is 0 Å². The van der Waals surface area contributed by atoms with E-state index >= 15 is 0 Å². The predicted molar refractivity (Wildman–Crippen MR) is 52.6 cm³/mol. The zero-order valence-electron chi connectivity index (χ0n) is 6.60. The average Bonchev–Trinajstić information content (AvgIpc) is 2.04. The minimum absolute atomic E-state index is 0. The molecule has 0 atom stereocenters. The maximum absolute atomic E-state index is 5.64. The monoisotopic (exact) mass is 182 g/mol. The first-order chi connectivity index (χ1) is 5.36. The van der Waals surface area contributed by atoms with Gasteiger partial charge in [0, 0.05) is 24.1 Å². The van der Waals surface area contributed by atoms with Crippen molar-refractivity contribution in [1.82, 2.24) is 4.90 Å². The highest BCUT2D eigenvalue weighted by Crippen LogP contribution is 2.16. The number of nitrogens with two attached hydrogens (primary N) is 1. The molecule has 0 aromatic carbocycles. The van der Waals surface area contributed by atoms with E-state index in [-0.39, 0.29) is 12.4 Å². The van der Waals surface area contributed by atoms with Gasteiger partial charge in [0.25, 0.3) is 0 Å². The lowest BCUT2D eigenvalue weighted by molar-refractivity contribution is 0.520. The van der Waals surface area contributed by atoms with Gasteiger partial charge in [-0.2, -0.15) is 0 Å². The molecule has 12 heavy (non-hydrogen) atoms. The third kappa shape index (κ3) is 1.53. The third-order valence-corrected chi connectivity index (χ3v) is 1.81. The van der Waals surface area contributed by atoms with Gasteiger partial charge in [0.2, 0.25) is 0 Å². The normalized spacial score (nSPS) is 19.2. The van der Waals surface area contributed by atoms with Crippen LogP contribution < -0.4 is 5.73 Å². The molecule has 0 unspecified atom stereocenters. The largest absolute Gasteiger partial charge is 0.399 e. The molecule has 2 nitrogen and oxygen atoms in total. The molecule has 0 aromatic rings. The molecule has 0 saturated heterocycles. The Labute approximate surface area is 78.1 Å². The number of rotatable bonds is 0. The van der Waals surface area contributed by atoms with E-state index in [4.69, 9.17) is 5.73 Å². The standard InChI is InChI=1S/C9H10N2.ClH/c10-8-4-6-11-5-2-1-3-9(11)7-8;/h1-5,7H,6,10H2;1H. The topological polar surface area (TPSA) is 29.3 Å². The SMILES string of the molecule is Cl.NC1=CCN2C=CC=CC2=C1. The second-order valence-corrected chi connectivity index (χ2v) is 2.63. The van der Waals surface area contributed by atoms with Crippen LogP contribution in [0.4, 0.5) is 0 Å². The lowest BCUT2D eigenvalue weighted by atomic mass is 10.2. The number of halogens is 1. The Bertz CT molecular complexity index is 287. The first kappa shape index (κ1) is 8.94. The zero-order valence-corrected chi connectivity index (χ0v) is 7.42. The molecule has 0 spiro atoms. The highest BCUT2D eigenvalue weighted by Gasteiger charge is 2.08. The Morgan fingerprint density at radius 1 is 1.33 bits per heavy atom. The van der Waals surface area contributed by atoms with E-state index in [0.717, 1.165) is 12.2 Å². The van der Waals surface area contributed by atoms with Gasteiger partial charge in [-0.15, -0.1) is 12.4 Å². The van der Waals surface area contributed by atoms with Crippen molar-refractivity contribution in [3.8, 4) is 0 Å². The molecular formula is C9H11ClN2. The fourth-order valence-electron chi connectivity index (χ4n) is 1.22. The second-order valence-electron chi connectivity index (χ2n) is 2.63. The van der Waals surface area contributed by atoms with E-state index in [1.165, 1.54) is 5.70 Å². The lowest BCUT2D eigenvalue weighted by Crippen LogP contribution is -2.21. The van der Waals surface area contributed by atoms with Crippen LogP contribution in [0.3, 0.4) is 0 Å². The fourth-order valence-corrected chi connectivity index (χ4v) is 1.22. The van der Waals surface area contributed by atoms with E-state index in [1.807, 2.05) is 24.3 Å². The van der Waals surface area contributed by atoms with Crippen molar-refractivity contribution in [3.05, 3.63) is 48.0 Å². The smallest absolute Gasteiger partial charge is 0.0429 e. The van der Waals surface area contributed by atoms with Crippen molar-refractivity contribution in [1.29, 1.82) is 0 Å². The van der Waals surface area contributed by atoms with Crippen LogP contribution in [0.1, 0.15) is 0 Å². The lowest BCUT2D eigenvalue weighted by Gasteiger charge is -2.25. The van der Waals surface area contributed by atoms with E-state index < -0.39 is 0 Å². The molecule has 2 aliphatic heterocycles. The summed E-state index contributed by atoms with van der Waals surface area (Å²) in [6, 6.07) is 0. The molecule has 2 rings (SSSR count). The van der Waals surface area contributed by atoms with Crippen LogP contribution >= 0.6 is 12.4 Å². The summed E-state index contributed by atoms with van der Waals surface area (Å²) in [4.78, 5) is 2.15. The first-order valence-corrected chi connectivity index (χ1v) is 3.65. The number of hydrogen-bond donors (Lipinski definition) is 1. The van der Waals surface area contributed by atoms with Gasteiger partial charge in [0.15, 0.2) is 0 Å². The van der Waals surface area contributed by atoms with Crippen LogP contribution in [-0.2, 0) is 0 Å². The number of nitrogens with zero attached hydrogens (tertiary/aromatic N) is 1. The quantitative estimate of drug-likeness (QED) is 0.616. The van der Waals surface area contributed by atoms with Crippen molar-refractivity contribution in [2.75, 3.05) is 6.54 Å². The summed E-state index contributed by atoms with van der Waals surface area (Å²) in [5.74, 6) is 0. The summed E-state index contributed by atoms with van der Waals surface area (Å²) >= 11 is 0. The summed E-state index contributed by atoms with van der Waals surface area (Å²) in [6.07, 6.45) is 12.1. The van der Waals surface area contributed by atoms with Crippen LogP contribution in [-0.4, -0.2) is 11.4 Å². The van der Waals surface area contributed by atoms with Gasteiger partial charge in [0.05, 0.1) is 0 Å². The fraction of sp³-hybridized carbons (Fsp3) is 0.111. The second kappa shape index (κ2) is 3.50. The van der Waals surface area contributed by atoms with E-state index in [1.54, 1.807) is 0 Å². The van der Waals surface area contributed by atoms with Gasteiger partial charge >= 0.3 is 0 Å². The van der Waals surface area contributed by atoms with Crippen LogP contribution in [0.5, 0.6) is 0 Å². The van der Waals surface area contributed by atoms with Crippen molar-refractivity contribution in [3.63, 3.8) is 0 Å². The summed E-state index contributed by atoms with van der Waals surface area (Å²) in [6.45, 7) is 0.887. The summed E-state index contributed by atoms with van der Waals surface area (Å²) < 4.78 is 0.